The molecule has 4 heteroatoms. The Kier molecular flexibility index (Phi) is 3.20. The van der Waals surface area contributed by atoms with Crippen LogP contribution >= 0.6 is 0 Å². The Hall–Kier alpha value is -0.220. The van der Waals surface area contributed by atoms with Gasteiger partial charge in [0.15, 0.2) is 5.78 Å². The largest absolute Gasteiger partial charge is 0.389 e. The third-order valence-corrected chi connectivity index (χ3v) is 3.38. The Bertz CT molecular complexity index is 169. The summed E-state index contributed by atoms with van der Waals surface area (Å²) in [5, 5.41) is 8.53. The third-order valence-electron chi connectivity index (χ3n) is 2.00. The van der Waals surface area contributed by atoms with E-state index < -0.39 is 10.8 Å². The molecule has 1 heterocycles. The van der Waals surface area contributed by atoms with E-state index in [1.807, 2.05) is 0 Å². The molecule has 0 bridgehead atoms. The molecule has 1 N–H and O–H groups in total. The van der Waals surface area contributed by atoms with Crippen molar-refractivity contribution in [3.05, 3.63) is 0 Å². The number of rotatable bonds is 2. The molecule has 0 saturated carbocycles. The fourth-order valence-electron chi connectivity index (χ4n) is 1.24. The molecule has 0 aromatic rings. The van der Waals surface area contributed by atoms with E-state index in [-0.39, 0.29) is 18.3 Å². The fraction of sp³-hybridized carbons (Fsp3) is 0.857. The van der Waals surface area contributed by atoms with Crippen LogP contribution in [0.15, 0.2) is 0 Å². The van der Waals surface area contributed by atoms with Gasteiger partial charge in [-0.05, 0) is 12.8 Å². The van der Waals surface area contributed by atoms with Crippen molar-refractivity contribution in [1.29, 1.82) is 0 Å². The number of carbonyl (C=O) groups excluding carboxylic acids is 1. The van der Waals surface area contributed by atoms with E-state index in [0.29, 0.717) is 24.3 Å². The highest BCUT2D eigenvalue weighted by Crippen LogP contribution is 2.16. The molecule has 1 fully saturated rings. The van der Waals surface area contributed by atoms with Gasteiger partial charge in [0.1, 0.15) is 6.61 Å². The first-order valence-electron chi connectivity index (χ1n) is 3.72. The van der Waals surface area contributed by atoms with Gasteiger partial charge in [-0.15, -0.1) is 0 Å². The normalized spacial score (nSPS) is 31.7. The van der Waals surface area contributed by atoms with E-state index >= 15 is 0 Å². The van der Waals surface area contributed by atoms with Crippen LogP contribution in [0.5, 0.6) is 0 Å². The summed E-state index contributed by atoms with van der Waals surface area (Å²) >= 11 is 0. The Morgan fingerprint density at radius 1 is 1.45 bits per heavy atom. The monoisotopic (exact) mass is 176 g/mol. The van der Waals surface area contributed by atoms with Crippen LogP contribution in [-0.4, -0.2) is 33.2 Å². The van der Waals surface area contributed by atoms with E-state index in [4.69, 9.17) is 5.11 Å². The van der Waals surface area contributed by atoms with Crippen molar-refractivity contribution in [1.82, 2.24) is 0 Å². The van der Waals surface area contributed by atoms with Crippen molar-refractivity contribution in [2.45, 2.75) is 12.8 Å². The number of Topliss-reactive ketones (excluding diaryl/α,β-unsaturated/α-hetero) is 1. The fourth-order valence-corrected chi connectivity index (χ4v) is 2.54. The maximum atomic E-state index is 10.9. The third kappa shape index (κ3) is 2.38. The number of aliphatic hydroxyl groups is 1. The summed E-state index contributed by atoms with van der Waals surface area (Å²) in [4.78, 5) is 10.9. The maximum Gasteiger partial charge on any atom is 0.161 e. The topological polar surface area (TPSA) is 54.4 Å². The van der Waals surface area contributed by atoms with Crippen molar-refractivity contribution in [3.8, 4) is 0 Å². The molecule has 0 aliphatic carbocycles. The average Bonchev–Trinajstić information content (AvgIpc) is 2.05. The van der Waals surface area contributed by atoms with E-state index in [1.54, 1.807) is 0 Å². The number of carbonyl (C=O) groups is 1. The zero-order valence-corrected chi connectivity index (χ0v) is 7.10. The summed E-state index contributed by atoms with van der Waals surface area (Å²) in [6.45, 7) is -0.364. The maximum absolute atomic E-state index is 10.9. The highest BCUT2D eigenvalue weighted by atomic mass is 32.2. The Balaban J connectivity index is 2.39. The highest BCUT2D eigenvalue weighted by Gasteiger charge is 2.22. The van der Waals surface area contributed by atoms with Crippen molar-refractivity contribution < 1.29 is 14.1 Å². The summed E-state index contributed by atoms with van der Waals surface area (Å²) in [5.74, 6) is 1.12. The Labute approximate surface area is 68.3 Å². The second-order valence-electron chi connectivity index (χ2n) is 2.75. The van der Waals surface area contributed by atoms with Crippen LogP contribution in [0, 0.1) is 5.92 Å². The van der Waals surface area contributed by atoms with Gasteiger partial charge in [-0.3, -0.25) is 9.00 Å². The lowest BCUT2D eigenvalue weighted by Crippen LogP contribution is -2.26. The molecule has 11 heavy (non-hydrogen) atoms. The lowest BCUT2D eigenvalue weighted by atomic mass is 9.98. The van der Waals surface area contributed by atoms with Gasteiger partial charge in [-0.2, -0.15) is 0 Å². The summed E-state index contributed by atoms with van der Waals surface area (Å²) in [6, 6.07) is 0. The Morgan fingerprint density at radius 3 is 2.45 bits per heavy atom. The lowest BCUT2D eigenvalue weighted by molar-refractivity contribution is -0.125. The summed E-state index contributed by atoms with van der Waals surface area (Å²) in [6.07, 6.45) is 1.37. The molecule has 0 amide bonds. The van der Waals surface area contributed by atoms with Crippen LogP contribution < -0.4 is 0 Å². The molecular formula is C7H12O3S. The van der Waals surface area contributed by atoms with Crippen LogP contribution in [0.4, 0.5) is 0 Å². The molecule has 0 aromatic carbocycles. The summed E-state index contributed by atoms with van der Waals surface area (Å²) < 4.78 is 10.9. The zero-order chi connectivity index (χ0) is 8.27. The molecule has 3 nitrogen and oxygen atoms in total. The molecule has 0 unspecified atom stereocenters. The number of hydrogen-bond donors (Lipinski definition) is 1. The lowest BCUT2D eigenvalue weighted by Gasteiger charge is -2.18. The SMILES string of the molecule is O=C(CO)C1CCS(=O)CC1. The highest BCUT2D eigenvalue weighted by molar-refractivity contribution is 7.85. The van der Waals surface area contributed by atoms with Crippen molar-refractivity contribution in [2.75, 3.05) is 18.1 Å². The van der Waals surface area contributed by atoms with Gasteiger partial charge in [0.25, 0.3) is 0 Å². The summed E-state index contributed by atoms with van der Waals surface area (Å²) in [7, 11) is -0.713. The van der Waals surface area contributed by atoms with Crippen LogP contribution in [0.3, 0.4) is 0 Å². The molecule has 1 aliphatic heterocycles. The molecule has 0 atom stereocenters. The van der Waals surface area contributed by atoms with Gasteiger partial charge >= 0.3 is 0 Å². The number of ketones is 1. The first kappa shape index (κ1) is 8.87. The first-order chi connectivity index (χ1) is 5.24. The van der Waals surface area contributed by atoms with Gasteiger partial charge in [-0.1, -0.05) is 0 Å². The van der Waals surface area contributed by atoms with Gasteiger partial charge in [0.2, 0.25) is 0 Å². The second-order valence-corrected chi connectivity index (χ2v) is 4.44. The quantitative estimate of drug-likeness (QED) is 0.629. The zero-order valence-electron chi connectivity index (χ0n) is 6.28. The van der Waals surface area contributed by atoms with Crippen molar-refractivity contribution >= 4 is 16.6 Å². The first-order valence-corrected chi connectivity index (χ1v) is 5.21. The minimum Gasteiger partial charge on any atom is -0.389 e. The minimum absolute atomic E-state index is 0.0299. The van der Waals surface area contributed by atoms with E-state index in [1.165, 1.54) is 0 Å². The van der Waals surface area contributed by atoms with Crippen LogP contribution in [0.25, 0.3) is 0 Å². The van der Waals surface area contributed by atoms with E-state index in [9.17, 15) is 9.00 Å². The van der Waals surface area contributed by atoms with E-state index in [0.717, 1.165) is 0 Å². The minimum atomic E-state index is -0.713. The molecule has 1 aliphatic rings. The number of hydrogen-bond acceptors (Lipinski definition) is 3. The number of aliphatic hydroxyl groups excluding tert-OH is 1. The molecule has 0 spiro atoms. The molecule has 0 aromatic heterocycles. The molecular weight excluding hydrogens is 164 g/mol. The smallest absolute Gasteiger partial charge is 0.161 e. The van der Waals surface area contributed by atoms with Crippen LogP contribution in [0.2, 0.25) is 0 Å². The van der Waals surface area contributed by atoms with Crippen LogP contribution in [0.1, 0.15) is 12.8 Å². The average molecular weight is 176 g/mol. The van der Waals surface area contributed by atoms with Gasteiger partial charge < -0.3 is 5.11 Å². The predicted molar refractivity (Wildman–Crippen MR) is 42.7 cm³/mol. The predicted octanol–water partition coefficient (Wildman–Crippen LogP) is -0.294. The Morgan fingerprint density at radius 2 is 2.00 bits per heavy atom. The van der Waals surface area contributed by atoms with E-state index in [2.05, 4.69) is 0 Å². The van der Waals surface area contributed by atoms with Gasteiger partial charge in [0, 0.05) is 28.2 Å². The molecule has 64 valence electrons. The summed E-state index contributed by atoms with van der Waals surface area (Å²) in [5.41, 5.74) is 0. The van der Waals surface area contributed by atoms with Crippen molar-refractivity contribution in [2.24, 2.45) is 5.92 Å². The molecule has 1 saturated heterocycles. The van der Waals surface area contributed by atoms with Crippen LogP contribution in [-0.2, 0) is 15.6 Å². The standard InChI is InChI=1S/C7H12O3S/c8-5-7(9)6-1-3-11(10)4-2-6/h6,8H,1-5H2. The van der Waals surface area contributed by atoms with Gasteiger partial charge in [0.05, 0.1) is 0 Å². The second kappa shape index (κ2) is 3.97. The van der Waals surface area contributed by atoms with Crippen molar-refractivity contribution in [3.63, 3.8) is 0 Å². The molecule has 1 rings (SSSR count). The molecule has 0 radical (unpaired) electrons. The van der Waals surface area contributed by atoms with Gasteiger partial charge in [-0.25, -0.2) is 0 Å².